The maximum Gasteiger partial charge on any atom is 0.328 e. The number of H-pyrrole nitrogens is 3. The van der Waals surface area contributed by atoms with Gasteiger partial charge in [-0.3, -0.25) is 86.9 Å². The number of ether oxygens (including phenoxy) is 6. The molecule has 26 N–H and O–H groups in total. The van der Waals surface area contributed by atoms with Crippen LogP contribution in [0.2, 0.25) is 0 Å². The third-order valence-corrected chi connectivity index (χ3v) is 24.8. The third-order valence-electron chi connectivity index (χ3n) is 22.4. The second-order valence-corrected chi connectivity index (χ2v) is 38.2. The van der Waals surface area contributed by atoms with E-state index >= 15 is 19.2 Å². The maximum atomic E-state index is 15.3. The van der Waals surface area contributed by atoms with Crippen LogP contribution in [0.4, 0.5) is 0 Å². The molecular formula is C93H139N25O28S2. The maximum absolute atomic E-state index is 15.3. The molecule has 0 bridgehead atoms. The molecule has 1 saturated heterocycles. The zero-order valence-electron chi connectivity index (χ0n) is 83.7. The molecule has 2 aromatic carbocycles. The van der Waals surface area contributed by atoms with E-state index in [1.165, 1.54) is 19.4 Å². The van der Waals surface area contributed by atoms with Crippen LogP contribution in [-0.2, 0) is 134 Å². The first-order valence-electron chi connectivity index (χ1n) is 48.3. The van der Waals surface area contributed by atoms with E-state index < -0.39 is 241 Å². The molecule has 1 aliphatic heterocycles. The SMILES string of the molecule is CC(C)C[C@@H]1NC(=O)[C@H](Cc2c[nH]cn2)NC(=O)[C@H](Cc2c[nH]c3ccccc23)NC(=O)[C@H](C)NC(=O)[C@@H](NC(=O)[C@H](CC(=O)O)NC(=O)CCOCCOCCOCCOCCOCCOCCNC(=O)[C@@H](CCCNC(=N)N)NC(=O)CCN=[N+]=[N-])CSSC[C@@H](C(=O)N[C@H](C(=O)O)[C@@H](C)O)NC(=O)[C@H](Cc2c[nH]c3ccccc23)NC(=O)[C@H](C(C)C)NC(=O)[C@H](CC(C)C)NC(=O)[C@H](CCC(=O)O)NC(=O)CNC1=O. The lowest BCUT2D eigenvalue weighted by Crippen LogP contribution is -2.61. The monoisotopic (exact) mass is 2120 g/mol. The predicted molar refractivity (Wildman–Crippen MR) is 538 cm³/mol. The molecule has 0 unspecified atom stereocenters. The van der Waals surface area contributed by atoms with E-state index in [1.807, 2.05) is 0 Å². The smallest absolute Gasteiger partial charge is 0.328 e. The summed E-state index contributed by atoms with van der Waals surface area (Å²) in [6, 6.07) is -7.70. The summed E-state index contributed by atoms with van der Waals surface area (Å²) in [5.74, 6) is -22.4. The van der Waals surface area contributed by atoms with Gasteiger partial charge in [-0.1, -0.05) is 105 Å². The molecule has 14 atom stereocenters. The summed E-state index contributed by atoms with van der Waals surface area (Å²) >= 11 is 0. The van der Waals surface area contributed by atoms with E-state index in [2.05, 4.69) is 115 Å². The number of aromatic nitrogens is 4. The number of fused-ring (bicyclic) bond motifs is 2. The van der Waals surface area contributed by atoms with Gasteiger partial charge in [0.25, 0.3) is 0 Å². The van der Waals surface area contributed by atoms with E-state index in [1.54, 1.807) is 102 Å². The summed E-state index contributed by atoms with van der Waals surface area (Å²) in [5.41, 5.74) is 16.1. The number of carboxylic acids is 3. The molecule has 3 aromatic heterocycles. The first kappa shape index (κ1) is 123. The number of amides is 15. The van der Waals surface area contributed by atoms with Gasteiger partial charge in [-0.05, 0) is 92.5 Å². The van der Waals surface area contributed by atoms with Gasteiger partial charge in [0.1, 0.15) is 72.5 Å². The molecule has 6 rings (SSSR count). The van der Waals surface area contributed by atoms with Gasteiger partial charge in [0.15, 0.2) is 12.0 Å². The Balaban J connectivity index is 1.23. The molecule has 0 aliphatic carbocycles. The summed E-state index contributed by atoms with van der Waals surface area (Å²) in [4.78, 5) is 269. The van der Waals surface area contributed by atoms with Crippen molar-refractivity contribution in [3.05, 3.63) is 101 Å². The van der Waals surface area contributed by atoms with E-state index in [9.17, 15) is 87.5 Å². The van der Waals surface area contributed by atoms with Crippen LogP contribution in [-0.4, -0.2) is 354 Å². The van der Waals surface area contributed by atoms with Gasteiger partial charge in [-0.25, -0.2) is 9.78 Å². The fraction of sp³-hybridized carbons (Fsp3) is 0.591. The van der Waals surface area contributed by atoms with Crippen LogP contribution in [0.5, 0.6) is 0 Å². The van der Waals surface area contributed by atoms with Crippen molar-refractivity contribution in [3.8, 4) is 0 Å². The van der Waals surface area contributed by atoms with Crippen LogP contribution in [0.1, 0.15) is 130 Å². The van der Waals surface area contributed by atoms with Crippen LogP contribution in [0.25, 0.3) is 32.2 Å². The molecular weight excluding hydrogens is 1980 g/mol. The summed E-state index contributed by atoms with van der Waals surface area (Å²) in [7, 11) is 1.42. The summed E-state index contributed by atoms with van der Waals surface area (Å²) < 4.78 is 33.3. The van der Waals surface area contributed by atoms with Crippen molar-refractivity contribution in [2.75, 3.05) is 117 Å². The van der Waals surface area contributed by atoms with Gasteiger partial charge in [-0.2, -0.15) is 0 Å². The molecule has 53 nitrogen and oxygen atoms in total. The lowest BCUT2D eigenvalue weighted by molar-refractivity contribution is -0.145. The van der Waals surface area contributed by atoms with Crippen molar-refractivity contribution in [1.82, 2.24) is 105 Å². The van der Waals surface area contributed by atoms with Crippen LogP contribution in [0.3, 0.4) is 0 Å². The van der Waals surface area contributed by atoms with Gasteiger partial charge in [0, 0.05) is 115 Å². The first-order valence-corrected chi connectivity index (χ1v) is 50.8. The number of carbonyl (C=O) groups excluding carboxylic acids is 15. The number of para-hydroxylation sites is 2. The number of imidazole rings is 1. The van der Waals surface area contributed by atoms with Gasteiger partial charge in [0.05, 0.1) is 110 Å². The zero-order valence-corrected chi connectivity index (χ0v) is 85.4. The van der Waals surface area contributed by atoms with E-state index in [0.717, 1.165) is 6.92 Å². The quantitative estimate of drug-likeness (QED) is 0.00360. The number of aliphatic hydroxyl groups is 1. The molecule has 15 amide bonds. The Labute approximate surface area is 860 Å². The van der Waals surface area contributed by atoms with Gasteiger partial charge < -0.3 is 155 Å². The zero-order chi connectivity index (χ0) is 109. The van der Waals surface area contributed by atoms with Crippen LogP contribution in [0.15, 0.2) is 78.6 Å². The largest absolute Gasteiger partial charge is 0.481 e. The molecule has 0 spiro atoms. The van der Waals surface area contributed by atoms with Crippen molar-refractivity contribution in [3.63, 3.8) is 0 Å². The Hall–Kier alpha value is -13.8. The molecule has 0 radical (unpaired) electrons. The normalized spacial score (nSPS) is 20.0. The Morgan fingerprint density at radius 1 is 0.534 bits per heavy atom. The number of carboxylic acid groups (broad SMARTS) is 3. The number of azide groups is 1. The highest BCUT2D eigenvalue weighted by Crippen LogP contribution is 2.26. The van der Waals surface area contributed by atoms with Gasteiger partial charge in [-0.15, -0.1) is 0 Å². The summed E-state index contributed by atoms with van der Waals surface area (Å²) in [6.07, 6.45) is 0.567. The summed E-state index contributed by atoms with van der Waals surface area (Å²) in [5, 5.41) is 93.5. The minimum absolute atomic E-state index is 0.0356. The highest BCUT2D eigenvalue weighted by Gasteiger charge is 2.40. The Bertz CT molecular complexity index is 5260. The lowest BCUT2D eigenvalue weighted by atomic mass is 9.98. The second kappa shape index (κ2) is 66.4. The molecule has 4 heterocycles. The first-order chi connectivity index (χ1) is 70.6. The Morgan fingerprint density at radius 3 is 1.56 bits per heavy atom. The van der Waals surface area contributed by atoms with Crippen LogP contribution >= 0.6 is 21.6 Å². The summed E-state index contributed by atoms with van der Waals surface area (Å²) in [6.45, 7) is 13.2. The minimum atomic E-state index is -2.02. The molecule has 0 saturated carbocycles. The average Bonchev–Trinajstić information content (AvgIpc) is 1.68. The number of hydrogen-bond donors (Lipinski definition) is 25. The van der Waals surface area contributed by atoms with Gasteiger partial charge in [0.2, 0.25) is 88.6 Å². The van der Waals surface area contributed by atoms with E-state index in [-0.39, 0.29) is 161 Å². The third kappa shape index (κ3) is 46.1. The standard InChI is InChI=1S/C93H139N25O28S2/c1-51(2)38-65-82(129)102-47-75(122)107-64(19-20-76(123)124)83(130)111-66(39-52(3)4)88(135)116-78(53(5)6)91(138)113-68(41-57-45-101-62-17-12-10-15-60(57)62)85(132)115-72(90(137)117-79(55(8)119)92(139)140)49-148-147-48-71(89(136)105-54(7)80(127)109-67(40-56-44-100-61-16-11-9-14-59(56)61)84(131)112-69(86(133)110-65)42-58-46-97-50-103-58)114-87(134)70(43-77(125)126)108-74(121)22-26-141-28-30-143-32-34-145-36-37-146-35-33-144-31-29-142-27-25-98-81(128)63(18-13-23-99-93(94)95)106-73(120)21-24-104-118-96/h9-12,14-17,44-46,50-55,63-72,78-79,100-101,119H,13,18-43,47-49H2,1-8H3,(H,97,103)(H,98,128)(H,102,129)(H,105,136)(H,106,120)(H,107,122)(H,108,121)(H,109,127)(H,110,133)(H,111,130)(H,112,131)(H,113,138)(H,114,134)(H,115,132)(H,116,135)(H,117,137)(H,123,124)(H,125,126)(H,139,140)(H4,94,95,99)/t54-,55+,63+,64-,65-,66-,67-,68-,69-,70-,71-,72-,78-,79-/m0/s1. The number of nitrogens with one attached hydrogen (secondary N) is 20. The number of carbonyl (C=O) groups is 18. The van der Waals surface area contributed by atoms with Crippen LogP contribution in [0, 0.1) is 23.2 Å². The van der Waals surface area contributed by atoms with E-state index in [0.29, 0.717) is 67.5 Å². The lowest BCUT2D eigenvalue weighted by Gasteiger charge is -2.29. The average molecular weight is 2120 g/mol. The number of aliphatic carboxylic acids is 3. The van der Waals surface area contributed by atoms with Crippen molar-refractivity contribution in [1.29, 1.82) is 5.41 Å². The molecule has 55 heteroatoms. The van der Waals surface area contributed by atoms with Crippen molar-refractivity contribution >= 4 is 156 Å². The number of aromatic amines is 3. The molecule has 5 aromatic rings. The number of aliphatic hydroxyl groups excluding tert-OH is 1. The topological polar surface area (TPSA) is 795 Å². The predicted octanol–water partition coefficient (Wildman–Crippen LogP) is -2.64. The molecule has 816 valence electrons. The molecule has 1 fully saturated rings. The number of hydrogen-bond acceptors (Lipinski definition) is 30. The fourth-order valence-corrected chi connectivity index (χ4v) is 17.1. The number of nitrogens with zero attached hydrogens (tertiary/aromatic N) is 4. The highest BCUT2D eigenvalue weighted by atomic mass is 33.1. The van der Waals surface area contributed by atoms with E-state index in [4.69, 9.17) is 45.1 Å². The fourth-order valence-electron chi connectivity index (χ4n) is 14.7. The van der Waals surface area contributed by atoms with Crippen LogP contribution < -0.4 is 90.8 Å². The number of nitrogens with two attached hydrogens (primary N) is 1. The van der Waals surface area contributed by atoms with Gasteiger partial charge >= 0.3 is 17.9 Å². The number of guanidine groups is 1. The van der Waals surface area contributed by atoms with Crippen molar-refractivity contribution < 1.29 is 135 Å². The molecule has 1 aliphatic rings. The Morgan fingerprint density at radius 2 is 1.03 bits per heavy atom. The highest BCUT2D eigenvalue weighted by molar-refractivity contribution is 8.76. The van der Waals surface area contributed by atoms with Crippen molar-refractivity contribution in [2.45, 2.75) is 217 Å². The second-order valence-electron chi connectivity index (χ2n) is 35.7. The molecule has 148 heavy (non-hydrogen) atoms. The number of benzene rings is 2. The number of rotatable bonds is 53. The minimum Gasteiger partial charge on any atom is -0.481 e. The Kier molecular flexibility index (Phi) is 55.1. The van der Waals surface area contributed by atoms with Crippen molar-refractivity contribution in [2.24, 2.45) is 28.6 Å².